The lowest BCUT2D eigenvalue weighted by atomic mass is 10.1. The third-order valence-corrected chi connectivity index (χ3v) is 5.48. The van der Waals surface area contributed by atoms with Crippen molar-refractivity contribution >= 4 is 29.1 Å². The number of hydrogen-bond acceptors (Lipinski definition) is 4. The van der Waals surface area contributed by atoms with Gasteiger partial charge in [0.2, 0.25) is 5.91 Å². The first-order valence-electron chi connectivity index (χ1n) is 10.7. The highest BCUT2D eigenvalue weighted by atomic mass is 35.5. The molecule has 0 aromatic heterocycles. The molecule has 0 spiro atoms. The van der Waals surface area contributed by atoms with Gasteiger partial charge in [-0.25, -0.2) is 4.90 Å². The number of ether oxygens (including phenoxy) is 1. The molecular formula is C24H29ClN2O3. The average Bonchev–Trinajstić information content (AvgIpc) is 3.03. The van der Waals surface area contributed by atoms with Gasteiger partial charge in [0.25, 0.3) is 5.91 Å². The number of amides is 2. The van der Waals surface area contributed by atoms with Crippen molar-refractivity contribution in [2.45, 2.75) is 51.5 Å². The Kier molecular flexibility index (Phi) is 8.29. The zero-order valence-corrected chi connectivity index (χ0v) is 18.2. The number of unbranched alkanes of at least 4 members (excludes halogenated alkanes) is 3. The molecule has 30 heavy (non-hydrogen) atoms. The van der Waals surface area contributed by atoms with E-state index in [0.29, 0.717) is 23.9 Å². The molecule has 1 saturated heterocycles. The van der Waals surface area contributed by atoms with Crippen molar-refractivity contribution in [3.8, 4) is 5.75 Å². The molecule has 1 heterocycles. The molecule has 0 bridgehead atoms. The summed E-state index contributed by atoms with van der Waals surface area (Å²) in [6.45, 7) is 3.48. The van der Waals surface area contributed by atoms with E-state index in [1.807, 2.05) is 36.4 Å². The van der Waals surface area contributed by atoms with Gasteiger partial charge < -0.3 is 10.1 Å². The molecule has 3 rings (SSSR count). The van der Waals surface area contributed by atoms with Gasteiger partial charge in [-0.15, -0.1) is 0 Å². The zero-order valence-electron chi connectivity index (χ0n) is 17.4. The summed E-state index contributed by atoms with van der Waals surface area (Å²) in [7, 11) is 0. The molecule has 0 aliphatic carbocycles. The molecule has 2 aromatic carbocycles. The summed E-state index contributed by atoms with van der Waals surface area (Å²) in [5, 5.41) is 3.91. The summed E-state index contributed by atoms with van der Waals surface area (Å²) in [6.07, 6.45) is 5.55. The van der Waals surface area contributed by atoms with Crippen LogP contribution in [0.5, 0.6) is 5.75 Å². The van der Waals surface area contributed by atoms with Gasteiger partial charge in [0.15, 0.2) is 0 Å². The molecule has 160 valence electrons. The second-order valence-electron chi connectivity index (χ2n) is 7.56. The summed E-state index contributed by atoms with van der Waals surface area (Å²) < 4.78 is 5.74. The Labute approximate surface area is 183 Å². The highest BCUT2D eigenvalue weighted by Gasteiger charge is 2.39. The Bertz CT molecular complexity index is 837. The molecule has 1 atom stereocenters. The van der Waals surface area contributed by atoms with Crippen molar-refractivity contribution in [1.29, 1.82) is 0 Å². The molecule has 5 nitrogen and oxygen atoms in total. The lowest BCUT2D eigenvalue weighted by Gasteiger charge is -2.16. The fraction of sp³-hybridized carbons (Fsp3) is 0.417. The van der Waals surface area contributed by atoms with E-state index in [-0.39, 0.29) is 18.2 Å². The summed E-state index contributed by atoms with van der Waals surface area (Å²) in [4.78, 5) is 26.5. The van der Waals surface area contributed by atoms with Crippen LogP contribution in [0.2, 0.25) is 5.02 Å². The molecule has 1 aliphatic rings. The largest absolute Gasteiger partial charge is 0.494 e. The van der Waals surface area contributed by atoms with Gasteiger partial charge in [0.1, 0.15) is 5.75 Å². The molecule has 1 aliphatic heterocycles. The maximum absolute atomic E-state index is 12.8. The van der Waals surface area contributed by atoms with Crippen molar-refractivity contribution in [3.63, 3.8) is 0 Å². The first-order chi connectivity index (χ1) is 14.6. The van der Waals surface area contributed by atoms with Gasteiger partial charge >= 0.3 is 0 Å². The van der Waals surface area contributed by atoms with Gasteiger partial charge in [0, 0.05) is 5.02 Å². The molecule has 6 heteroatoms. The lowest BCUT2D eigenvalue weighted by Crippen LogP contribution is -2.39. The van der Waals surface area contributed by atoms with Crippen LogP contribution in [-0.2, 0) is 16.0 Å². The number of nitrogens with one attached hydrogen (secondary N) is 1. The standard InChI is InChI=1S/C24H29ClN2O3/c1-2-3-4-5-16-30-21-12-10-20(11-13-21)27-23(28)17-22(24(27)29)26-15-14-18-6-8-19(25)9-7-18/h6-13,22,26H,2-5,14-17H2,1H3/t22-/m0/s1. The third-order valence-electron chi connectivity index (χ3n) is 5.23. The van der Waals surface area contributed by atoms with Gasteiger partial charge in [0.05, 0.1) is 24.8 Å². The number of anilines is 1. The fourth-order valence-electron chi connectivity index (χ4n) is 3.51. The molecule has 0 radical (unpaired) electrons. The number of rotatable bonds is 11. The van der Waals surface area contributed by atoms with Crippen molar-refractivity contribution in [2.24, 2.45) is 0 Å². The number of halogens is 1. The molecular weight excluding hydrogens is 400 g/mol. The molecule has 2 amide bonds. The highest BCUT2D eigenvalue weighted by Crippen LogP contribution is 2.25. The van der Waals surface area contributed by atoms with Crippen molar-refractivity contribution in [2.75, 3.05) is 18.1 Å². The highest BCUT2D eigenvalue weighted by molar-refractivity contribution is 6.30. The number of carbonyl (C=O) groups excluding carboxylic acids is 2. The summed E-state index contributed by atoms with van der Waals surface area (Å²) >= 11 is 5.90. The molecule has 1 N–H and O–H groups in total. The van der Waals surface area contributed by atoms with Crippen LogP contribution in [0.15, 0.2) is 48.5 Å². The van der Waals surface area contributed by atoms with Crippen LogP contribution in [0.4, 0.5) is 5.69 Å². The van der Waals surface area contributed by atoms with Gasteiger partial charge in [-0.1, -0.05) is 49.9 Å². The van der Waals surface area contributed by atoms with Crippen molar-refractivity contribution in [3.05, 3.63) is 59.1 Å². The topological polar surface area (TPSA) is 58.6 Å². The number of imide groups is 1. The quantitative estimate of drug-likeness (QED) is 0.414. The third kappa shape index (κ3) is 6.07. The van der Waals surface area contributed by atoms with Crippen molar-refractivity contribution in [1.82, 2.24) is 5.32 Å². The minimum atomic E-state index is -0.487. The van der Waals surface area contributed by atoms with E-state index in [2.05, 4.69) is 12.2 Å². The summed E-state index contributed by atoms with van der Waals surface area (Å²) in [5.41, 5.74) is 1.72. The maximum Gasteiger partial charge on any atom is 0.251 e. The van der Waals surface area contributed by atoms with E-state index in [1.54, 1.807) is 12.1 Å². The Morgan fingerprint density at radius 1 is 1.03 bits per heavy atom. The number of nitrogens with zero attached hydrogens (tertiary/aromatic N) is 1. The van der Waals surface area contributed by atoms with E-state index < -0.39 is 6.04 Å². The van der Waals surface area contributed by atoms with Gasteiger partial charge in [-0.05, 0) is 61.3 Å². The minimum absolute atomic E-state index is 0.176. The Morgan fingerprint density at radius 3 is 2.47 bits per heavy atom. The van der Waals surface area contributed by atoms with Gasteiger partial charge in [-0.3, -0.25) is 9.59 Å². The summed E-state index contributed by atoms with van der Waals surface area (Å²) in [6, 6.07) is 14.3. The normalized spacial score (nSPS) is 16.3. The van der Waals surface area contributed by atoms with E-state index in [1.165, 1.54) is 17.7 Å². The Balaban J connectivity index is 1.49. The molecule has 2 aromatic rings. The van der Waals surface area contributed by atoms with Crippen LogP contribution in [0.1, 0.15) is 44.6 Å². The van der Waals surface area contributed by atoms with E-state index in [4.69, 9.17) is 16.3 Å². The van der Waals surface area contributed by atoms with Crippen LogP contribution in [-0.4, -0.2) is 31.0 Å². The summed E-state index contributed by atoms with van der Waals surface area (Å²) in [5.74, 6) is 0.369. The number of hydrogen-bond donors (Lipinski definition) is 1. The van der Waals surface area contributed by atoms with E-state index >= 15 is 0 Å². The number of carbonyl (C=O) groups is 2. The Hall–Kier alpha value is -2.37. The van der Waals surface area contributed by atoms with Gasteiger partial charge in [-0.2, -0.15) is 0 Å². The van der Waals surface area contributed by atoms with Crippen LogP contribution < -0.4 is 15.0 Å². The van der Waals surface area contributed by atoms with Crippen LogP contribution in [0.25, 0.3) is 0 Å². The second-order valence-corrected chi connectivity index (χ2v) is 7.99. The first kappa shape index (κ1) is 22.3. The predicted molar refractivity (Wildman–Crippen MR) is 120 cm³/mol. The predicted octanol–water partition coefficient (Wildman–Crippen LogP) is 4.76. The molecule has 0 unspecified atom stereocenters. The first-order valence-corrected chi connectivity index (χ1v) is 11.0. The number of benzene rings is 2. The molecule has 1 fully saturated rings. The zero-order chi connectivity index (χ0) is 21.3. The lowest BCUT2D eigenvalue weighted by molar-refractivity contribution is -0.121. The second kappa shape index (κ2) is 11.1. The smallest absolute Gasteiger partial charge is 0.251 e. The SMILES string of the molecule is CCCCCCOc1ccc(N2C(=O)C[C@H](NCCc3ccc(Cl)cc3)C2=O)cc1. The van der Waals surface area contributed by atoms with Crippen LogP contribution in [0, 0.1) is 0 Å². The molecule has 0 saturated carbocycles. The fourth-order valence-corrected chi connectivity index (χ4v) is 3.64. The average molecular weight is 429 g/mol. The Morgan fingerprint density at radius 2 is 1.77 bits per heavy atom. The van der Waals surface area contributed by atoms with E-state index in [9.17, 15) is 9.59 Å². The van der Waals surface area contributed by atoms with Crippen molar-refractivity contribution < 1.29 is 14.3 Å². The van der Waals surface area contributed by atoms with Crippen LogP contribution in [0.3, 0.4) is 0 Å². The van der Waals surface area contributed by atoms with E-state index in [0.717, 1.165) is 30.6 Å². The maximum atomic E-state index is 12.8. The monoisotopic (exact) mass is 428 g/mol. The van der Waals surface area contributed by atoms with Crippen LogP contribution >= 0.6 is 11.6 Å². The minimum Gasteiger partial charge on any atom is -0.494 e.